The number of benzene rings is 2. The van der Waals surface area contributed by atoms with Crippen molar-refractivity contribution >= 4 is 62.4 Å². The lowest BCUT2D eigenvalue weighted by atomic mass is 10.1. The molecule has 0 atom stereocenters. The summed E-state index contributed by atoms with van der Waals surface area (Å²) in [7, 11) is 0. The van der Waals surface area contributed by atoms with E-state index < -0.39 is 11.1 Å². The van der Waals surface area contributed by atoms with Crippen LogP contribution >= 0.6 is 39.3 Å². The number of imide groups is 1. The van der Waals surface area contributed by atoms with Crippen LogP contribution in [0.25, 0.3) is 6.08 Å². The van der Waals surface area contributed by atoms with Gasteiger partial charge in [-0.15, -0.1) is 0 Å². The summed E-state index contributed by atoms with van der Waals surface area (Å²) in [4.78, 5) is 40.8. The number of rotatable bonds is 8. The quantitative estimate of drug-likeness (QED) is 0.371. The first-order valence-corrected chi connectivity index (χ1v) is 13.2. The minimum Gasteiger partial charge on any atom is -0.490 e. The van der Waals surface area contributed by atoms with E-state index in [1.54, 1.807) is 29.2 Å². The van der Waals surface area contributed by atoms with Crippen LogP contribution in [0.5, 0.6) is 11.5 Å². The number of halogens is 2. The van der Waals surface area contributed by atoms with Gasteiger partial charge in [-0.3, -0.25) is 19.3 Å². The highest BCUT2D eigenvalue weighted by atomic mass is 79.9. The van der Waals surface area contributed by atoms with Gasteiger partial charge in [-0.1, -0.05) is 29.8 Å². The maximum absolute atomic E-state index is 12.9. The normalized spacial score (nSPS) is 16.9. The van der Waals surface area contributed by atoms with E-state index in [1.165, 1.54) is 0 Å². The van der Waals surface area contributed by atoms with Crippen LogP contribution in [0, 0.1) is 0 Å². The Morgan fingerprint density at radius 1 is 1.17 bits per heavy atom. The van der Waals surface area contributed by atoms with Gasteiger partial charge in [0.05, 0.1) is 16.0 Å². The zero-order valence-corrected chi connectivity index (χ0v) is 22.2. The highest BCUT2D eigenvalue weighted by Crippen LogP contribution is 2.40. The molecule has 0 spiro atoms. The summed E-state index contributed by atoms with van der Waals surface area (Å²) >= 11 is 10.6. The van der Waals surface area contributed by atoms with E-state index in [1.807, 2.05) is 25.1 Å². The first-order valence-electron chi connectivity index (χ1n) is 11.2. The molecule has 10 heteroatoms. The number of ether oxygens (including phenoxy) is 2. The minimum absolute atomic E-state index is 0.201. The Bertz CT molecular complexity index is 1180. The Morgan fingerprint density at radius 3 is 2.63 bits per heavy atom. The Balaban J connectivity index is 1.52. The lowest BCUT2D eigenvalue weighted by molar-refractivity contribution is -0.135. The topological polar surface area (TPSA) is 76.2 Å². The van der Waals surface area contributed by atoms with Gasteiger partial charge in [0.15, 0.2) is 11.5 Å². The molecular weight excluding hydrogens is 556 g/mol. The Morgan fingerprint density at radius 2 is 1.91 bits per heavy atom. The molecule has 2 fully saturated rings. The van der Waals surface area contributed by atoms with Crippen molar-refractivity contribution in [2.24, 2.45) is 0 Å². The van der Waals surface area contributed by atoms with Crippen LogP contribution in [0.3, 0.4) is 0 Å². The monoisotopic (exact) mass is 578 g/mol. The maximum atomic E-state index is 12.9. The van der Waals surface area contributed by atoms with E-state index in [0.717, 1.165) is 35.1 Å². The van der Waals surface area contributed by atoms with E-state index in [-0.39, 0.29) is 24.0 Å². The van der Waals surface area contributed by atoms with E-state index in [4.69, 9.17) is 21.1 Å². The summed E-state index contributed by atoms with van der Waals surface area (Å²) in [5.41, 5.74) is 1.49. The molecule has 0 radical (unpaired) electrons. The van der Waals surface area contributed by atoms with Crippen LogP contribution in [0.15, 0.2) is 45.8 Å². The van der Waals surface area contributed by atoms with Gasteiger partial charge in [0.1, 0.15) is 13.2 Å². The van der Waals surface area contributed by atoms with Crippen LogP contribution in [0.1, 0.15) is 30.9 Å². The summed E-state index contributed by atoms with van der Waals surface area (Å²) in [6.07, 6.45) is 3.52. The molecule has 2 aromatic rings. The van der Waals surface area contributed by atoms with Crippen molar-refractivity contribution < 1.29 is 23.9 Å². The fourth-order valence-corrected chi connectivity index (χ4v) is 5.43. The summed E-state index contributed by atoms with van der Waals surface area (Å²) in [6, 6.07) is 11.0. The molecule has 35 heavy (non-hydrogen) atoms. The molecule has 7 nitrogen and oxygen atoms in total. The standard InChI is InChI=1S/C25H24BrClN2O5S/c1-2-33-20-12-16(11-18(26)23(20)34-15-17-7-3-4-8-19(17)27)13-21-24(31)29(25(32)35-21)14-22(30)28-9-5-6-10-28/h3-4,7-8,11-13H,2,5-6,9-10,14-15H2,1H3/b21-13+. The third kappa shape index (κ3) is 6.02. The van der Waals surface area contributed by atoms with E-state index in [9.17, 15) is 14.4 Å². The van der Waals surface area contributed by atoms with Crippen LogP contribution < -0.4 is 9.47 Å². The van der Waals surface area contributed by atoms with E-state index in [0.29, 0.717) is 46.3 Å². The maximum Gasteiger partial charge on any atom is 0.294 e. The van der Waals surface area contributed by atoms with Gasteiger partial charge in [0.2, 0.25) is 5.91 Å². The predicted octanol–water partition coefficient (Wildman–Crippen LogP) is 5.74. The summed E-state index contributed by atoms with van der Waals surface area (Å²) in [5, 5.41) is 0.162. The lowest BCUT2D eigenvalue weighted by Crippen LogP contribution is -2.40. The second kappa shape index (κ2) is 11.5. The molecule has 2 saturated heterocycles. The van der Waals surface area contributed by atoms with Crippen molar-refractivity contribution in [1.29, 1.82) is 0 Å². The van der Waals surface area contributed by atoms with Crippen LogP contribution in [0.4, 0.5) is 4.79 Å². The molecule has 0 unspecified atom stereocenters. The number of carbonyl (C=O) groups excluding carboxylic acids is 3. The number of hydrogen-bond donors (Lipinski definition) is 0. The van der Waals surface area contributed by atoms with Crippen LogP contribution in [-0.2, 0) is 16.2 Å². The molecule has 0 aromatic heterocycles. The van der Waals surface area contributed by atoms with Crippen LogP contribution in [-0.4, -0.2) is 53.1 Å². The Labute approximate surface area is 221 Å². The number of nitrogens with zero attached hydrogens (tertiary/aromatic N) is 2. The molecule has 2 aliphatic heterocycles. The third-order valence-corrected chi connectivity index (χ3v) is 7.45. The molecule has 0 aliphatic carbocycles. The van der Waals surface area contributed by atoms with Gasteiger partial charge in [0, 0.05) is 23.7 Å². The van der Waals surface area contributed by atoms with Crippen molar-refractivity contribution in [1.82, 2.24) is 9.80 Å². The van der Waals surface area contributed by atoms with Crippen molar-refractivity contribution in [3.05, 3.63) is 61.9 Å². The van der Waals surface area contributed by atoms with Crippen molar-refractivity contribution in [3.63, 3.8) is 0 Å². The largest absolute Gasteiger partial charge is 0.490 e. The molecule has 0 saturated carbocycles. The number of likely N-dealkylation sites (tertiary alicyclic amines) is 1. The average Bonchev–Trinajstić information content (AvgIpc) is 3.45. The fraction of sp³-hybridized carbons (Fsp3) is 0.320. The molecule has 2 aliphatic rings. The van der Waals surface area contributed by atoms with Gasteiger partial charge < -0.3 is 14.4 Å². The number of amides is 3. The number of hydrogen-bond acceptors (Lipinski definition) is 6. The molecule has 184 valence electrons. The average molecular weight is 580 g/mol. The van der Waals surface area contributed by atoms with Gasteiger partial charge in [0.25, 0.3) is 11.1 Å². The Hall–Kier alpha value is -2.49. The highest BCUT2D eigenvalue weighted by molar-refractivity contribution is 9.10. The minimum atomic E-state index is -0.472. The van der Waals surface area contributed by atoms with Crippen LogP contribution in [0.2, 0.25) is 5.02 Å². The number of carbonyl (C=O) groups is 3. The zero-order valence-electron chi connectivity index (χ0n) is 19.1. The molecular formula is C25H24BrClN2O5S. The molecule has 0 bridgehead atoms. The molecule has 0 N–H and O–H groups in total. The third-order valence-electron chi connectivity index (χ3n) is 5.59. The van der Waals surface area contributed by atoms with Gasteiger partial charge in [-0.2, -0.15) is 0 Å². The lowest BCUT2D eigenvalue weighted by Gasteiger charge is -2.18. The summed E-state index contributed by atoms with van der Waals surface area (Å²) < 4.78 is 12.4. The SMILES string of the molecule is CCOc1cc(/C=C2/SC(=O)N(CC(=O)N3CCCC3)C2=O)cc(Br)c1OCc1ccccc1Cl. The fourth-order valence-electron chi connectivity index (χ4n) is 3.83. The smallest absolute Gasteiger partial charge is 0.294 e. The highest BCUT2D eigenvalue weighted by Gasteiger charge is 2.37. The van der Waals surface area contributed by atoms with Gasteiger partial charge in [-0.25, -0.2) is 0 Å². The van der Waals surface area contributed by atoms with E-state index in [2.05, 4.69) is 15.9 Å². The molecule has 4 rings (SSSR count). The van der Waals surface area contributed by atoms with Crippen molar-refractivity contribution in [3.8, 4) is 11.5 Å². The molecule has 2 aromatic carbocycles. The predicted molar refractivity (Wildman–Crippen MR) is 140 cm³/mol. The summed E-state index contributed by atoms with van der Waals surface area (Å²) in [6.45, 7) is 3.63. The molecule has 2 heterocycles. The second-order valence-corrected chi connectivity index (χ2v) is 10.3. The van der Waals surface area contributed by atoms with E-state index >= 15 is 0 Å². The first-order chi connectivity index (χ1) is 16.9. The summed E-state index contributed by atoms with van der Waals surface area (Å²) in [5.74, 6) is 0.324. The number of thioether (sulfide) groups is 1. The first kappa shape index (κ1) is 25.6. The second-order valence-electron chi connectivity index (χ2n) is 8.00. The molecule has 3 amide bonds. The zero-order chi connectivity index (χ0) is 24.9. The van der Waals surface area contributed by atoms with Crippen molar-refractivity contribution in [2.75, 3.05) is 26.2 Å². The van der Waals surface area contributed by atoms with Gasteiger partial charge in [-0.05, 0) is 77.3 Å². The Kier molecular flexibility index (Phi) is 8.41. The van der Waals surface area contributed by atoms with Gasteiger partial charge >= 0.3 is 0 Å². The van der Waals surface area contributed by atoms with Crippen molar-refractivity contribution in [2.45, 2.75) is 26.4 Å².